The number of esters is 1. The van der Waals surface area contributed by atoms with Crippen molar-refractivity contribution in [2.75, 3.05) is 11.9 Å². The smallest absolute Gasteiger partial charge is 0.358 e. The van der Waals surface area contributed by atoms with E-state index in [0.29, 0.717) is 17.2 Å². The number of aryl methyl sites for hydroxylation is 3. The quantitative estimate of drug-likeness (QED) is 0.458. The van der Waals surface area contributed by atoms with Gasteiger partial charge in [0.25, 0.3) is 0 Å². The summed E-state index contributed by atoms with van der Waals surface area (Å²) in [5.74, 6) is -0.820. The predicted molar refractivity (Wildman–Crippen MR) is 101 cm³/mol. The topological polar surface area (TPSA) is 68.3 Å². The van der Waals surface area contributed by atoms with Gasteiger partial charge in [0.1, 0.15) is 0 Å². The highest BCUT2D eigenvalue weighted by Crippen LogP contribution is 2.20. The third-order valence-corrected chi connectivity index (χ3v) is 4.67. The maximum atomic E-state index is 12.6. The van der Waals surface area contributed by atoms with E-state index in [1.807, 2.05) is 32.9 Å². The van der Waals surface area contributed by atoms with Gasteiger partial charge in [-0.1, -0.05) is 12.1 Å². The first-order valence-corrected chi connectivity index (χ1v) is 8.84. The highest BCUT2D eigenvalue weighted by molar-refractivity contribution is 7.13. The molecule has 0 radical (unpaired) electrons. The Morgan fingerprint density at radius 2 is 1.96 bits per heavy atom. The lowest BCUT2D eigenvalue weighted by atomic mass is 9.96. The fraction of sp³-hybridized carbons (Fsp3) is 0.316. The maximum absolute atomic E-state index is 12.6. The van der Waals surface area contributed by atoms with Crippen LogP contribution >= 0.6 is 11.3 Å². The first-order valence-electron chi connectivity index (χ1n) is 7.96. The molecule has 1 unspecified atom stereocenters. The summed E-state index contributed by atoms with van der Waals surface area (Å²) in [6.45, 7) is 11.6. The van der Waals surface area contributed by atoms with Crippen LogP contribution in [0, 0.1) is 20.8 Å². The third kappa shape index (κ3) is 4.54. The van der Waals surface area contributed by atoms with Crippen molar-refractivity contribution < 1.29 is 14.3 Å². The van der Waals surface area contributed by atoms with E-state index >= 15 is 0 Å². The minimum atomic E-state index is -0.875. The van der Waals surface area contributed by atoms with Crippen LogP contribution in [0.4, 0.5) is 5.13 Å². The van der Waals surface area contributed by atoms with E-state index in [4.69, 9.17) is 4.74 Å². The zero-order chi connectivity index (χ0) is 18.6. The second-order valence-electron chi connectivity index (χ2n) is 5.87. The highest BCUT2D eigenvalue weighted by Gasteiger charge is 2.23. The number of ether oxygens (including phenoxy) is 1. The molecule has 6 heteroatoms. The van der Waals surface area contributed by atoms with Crippen LogP contribution in [-0.2, 0) is 4.74 Å². The molecule has 0 amide bonds. The maximum Gasteiger partial charge on any atom is 0.358 e. The van der Waals surface area contributed by atoms with Gasteiger partial charge in [-0.15, -0.1) is 17.9 Å². The fourth-order valence-corrected chi connectivity index (χ4v) is 3.02. The Bertz CT molecular complexity index is 811. The molecule has 0 aliphatic heterocycles. The zero-order valence-electron chi connectivity index (χ0n) is 14.9. The van der Waals surface area contributed by atoms with Crippen molar-refractivity contribution in [1.82, 2.24) is 4.98 Å². The normalized spacial score (nSPS) is 11.7. The number of hydrogen-bond acceptors (Lipinski definition) is 6. The van der Waals surface area contributed by atoms with Gasteiger partial charge in [-0.3, -0.25) is 4.79 Å². The van der Waals surface area contributed by atoms with Crippen molar-refractivity contribution in [2.45, 2.75) is 33.8 Å². The standard InChI is InChI=1S/C19H22N2O3S/c1-6-7-20-19-21-16(10-25-19)18(23)24-14(5)17(22)15-9-12(3)11(2)8-13(15)4/h6,8-10,14H,1,7H2,2-5H3,(H,20,21). The Morgan fingerprint density at radius 3 is 2.64 bits per heavy atom. The first-order chi connectivity index (χ1) is 11.8. The molecule has 5 nitrogen and oxygen atoms in total. The zero-order valence-corrected chi connectivity index (χ0v) is 15.7. The molecule has 1 aromatic carbocycles. The molecule has 1 N–H and O–H groups in total. The van der Waals surface area contributed by atoms with Gasteiger partial charge in [-0.05, 0) is 50.5 Å². The van der Waals surface area contributed by atoms with E-state index in [1.165, 1.54) is 11.3 Å². The van der Waals surface area contributed by atoms with Crippen molar-refractivity contribution in [1.29, 1.82) is 0 Å². The second-order valence-corrected chi connectivity index (χ2v) is 6.73. The summed E-state index contributed by atoms with van der Waals surface area (Å²) in [6, 6.07) is 3.81. The Morgan fingerprint density at radius 1 is 1.28 bits per heavy atom. The van der Waals surface area contributed by atoms with Crippen LogP contribution in [0.2, 0.25) is 0 Å². The van der Waals surface area contributed by atoms with Crippen LogP contribution in [0.1, 0.15) is 44.5 Å². The lowest BCUT2D eigenvalue weighted by Crippen LogP contribution is -2.25. The molecule has 1 aromatic heterocycles. The Kier molecular flexibility index (Phi) is 6.09. The Hall–Kier alpha value is -2.47. The minimum absolute atomic E-state index is 0.188. The molecule has 1 atom stereocenters. The van der Waals surface area contributed by atoms with Gasteiger partial charge in [0.05, 0.1) is 0 Å². The molecule has 25 heavy (non-hydrogen) atoms. The van der Waals surface area contributed by atoms with Crippen LogP contribution in [0.25, 0.3) is 0 Å². The lowest BCUT2D eigenvalue weighted by Gasteiger charge is -2.14. The van der Waals surface area contributed by atoms with Crippen LogP contribution < -0.4 is 5.32 Å². The van der Waals surface area contributed by atoms with Gasteiger partial charge in [-0.25, -0.2) is 9.78 Å². The predicted octanol–water partition coefficient (Wildman–Crippen LogP) is 4.09. The van der Waals surface area contributed by atoms with Crippen molar-refractivity contribution >= 4 is 28.2 Å². The van der Waals surface area contributed by atoms with Crippen molar-refractivity contribution in [3.8, 4) is 0 Å². The molecular formula is C19H22N2O3S. The Labute approximate surface area is 151 Å². The van der Waals surface area contributed by atoms with Crippen LogP contribution in [0.3, 0.4) is 0 Å². The summed E-state index contributed by atoms with van der Waals surface area (Å²) in [7, 11) is 0. The molecule has 132 valence electrons. The number of thiazole rings is 1. The molecular weight excluding hydrogens is 336 g/mol. The average molecular weight is 358 g/mol. The largest absolute Gasteiger partial charge is 0.450 e. The third-order valence-electron chi connectivity index (χ3n) is 3.87. The summed E-state index contributed by atoms with van der Waals surface area (Å²) in [6.07, 6.45) is 0.825. The van der Waals surface area contributed by atoms with E-state index in [9.17, 15) is 9.59 Å². The number of nitrogens with one attached hydrogen (secondary N) is 1. The molecule has 0 bridgehead atoms. The molecule has 0 fully saturated rings. The number of benzene rings is 1. The molecule has 0 saturated heterocycles. The number of anilines is 1. The summed E-state index contributed by atoms with van der Waals surface area (Å²) >= 11 is 1.30. The van der Waals surface area contributed by atoms with Gasteiger partial charge >= 0.3 is 5.97 Å². The number of rotatable bonds is 7. The summed E-state index contributed by atoms with van der Waals surface area (Å²) < 4.78 is 5.30. The number of Topliss-reactive ketones (excluding diaryl/α,β-unsaturated/α-hetero) is 1. The fourth-order valence-electron chi connectivity index (χ4n) is 2.33. The van der Waals surface area contributed by atoms with Gasteiger partial charge in [-0.2, -0.15) is 0 Å². The van der Waals surface area contributed by atoms with E-state index in [0.717, 1.165) is 16.7 Å². The minimum Gasteiger partial charge on any atom is -0.450 e. The van der Waals surface area contributed by atoms with Crippen LogP contribution in [0.15, 0.2) is 30.2 Å². The van der Waals surface area contributed by atoms with Crippen molar-refractivity contribution in [2.24, 2.45) is 0 Å². The monoisotopic (exact) mass is 358 g/mol. The molecule has 1 heterocycles. The van der Waals surface area contributed by atoms with Crippen LogP contribution in [-0.4, -0.2) is 29.4 Å². The van der Waals surface area contributed by atoms with Gasteiger partial charge in [0.15, 0.2) is 16.9 Å². The molecule has 0 saturated carbocycles. The molecule has 2 rings (SSSR count). The average Bonchev–Trinajstić information content (AvgIpc) is 3.04. The van der Waals surface area contributed by atoms with E-state index in [2.05, 4.69) is 16.9 Å². The number of nitrogens with zero attached hydrogens (tertiary/aromatic N) is 1. The van der Waals surface area contributed by atoms with Gasteiger partial charge in [0.2, 0.25) is 5.78 Å². The lowest BCUT2D eigenvalue weighted by molar-refractivity contribution is 0.0313. The highest BCUT2D eigenvalue weighted by atomic mass is 32.1. The van der Waals surface area contributed by atoms with Gasteiger partial charge in [0, 0.05) is 17.5 Å². The molecule has 0 aliphatic carbocycles. The molecule has 0 aliphatic rings. The van der Waals surface area contributed by atoms with E-state index < -0.39 is 12.1 Å². The van der Waals surface area contributed by atoms with Crippen LogP contribution in [0.5, 0.6) is 0 Å². The first kappa shape index (κ1) is 18.9. The van der Waals surface area contributed by atoms with Crippen molar-refractivity contribution in [3.05, 3.63) is 58.1 Å². The second kappa shape index (κ2) is 8.07. The van der Waals surface area contributed by atoms with E-state index in [1.54, 1.807) is 18.4 Å². The summed E-state index contributed by atoms with van der Waals surface area (Å²) in [4.78, 5) is 29.0. The van der Waals surface area contributed by atoms with Gasteiger partial charge < -0.3 is 10.1 Å². The SMILES string of the molecule is C=CCNc1nc(C(=O)OC(C)C(=O)c2cc(C)c(C)cc2C)cs1. The summed E-state index contributed by atoms with van der Waals surface area (Å²) in [5.41, 5.74) is 3.80. The Balaban J connectivity index is 2.08. The molecule has 2 aromatic rings. The number of aromatic nitrogens is 1. The number of ketones is 1. The van der Waals surface area contributed by atoms with Crippen molar-refractivity contribution in [3.63, 3.8) is 0 Å². The number of hydrogen-bond donors (Lipinski definition) is 1. The number of carbonyl (C=O) groups excluding carboxylic acids is 2. The van der Waals surface area contributed by atoms with E-state index in [-0.39, 0.29) is 11.5 Å². The number of carbonyl (C=O) groups is 2. The molecule has 0 spiro atoms. The summed E-state index contributed by atoms with van der Waals surface area (Å²) in [5, 5.41) is 5.22.